The van der Waals surface area contributed by atoms with Crippen LogP contribution in [0.5, 0.6) is 0 Å². The van der Waals surface area contributed by atoms with E-state index in [9.17, 15) is 0 Å². The molecule has 6 nitrogen and oxygen atoms in total. The minimum absolute atomic E-state index is 0.556. The average molecular weight is 732 g/mol. The Labute approximate surface area is 325 Å². The fraction of sp³-hybridized carbons (Fsp3) is 0. The predicted molar refractivity (Wildman–Crippen MR) is 229 cm³/mol. The number of para-hydroxylation sites is 3. The van der Waals surface area contributed by atoms with Crippen molar-refractivity contribution in [3.8, 4) is 56.4 Å². The second-order valence-corrected chi connectivity index (χ2v) is 14.3. The summed E-state index contributed by atoms with van der Waals surface area (Å²) in [7, 11) is 0. The summed E-state index contributed by atoms with van der Waals surface area (Å²) >= 11 is 0. The zero-order chi connectivity index (χ0) is 37.5. The normalized spacial score (nSPS) is 11.9. The van der Waals surface area contributed by atoms with Gasteiger partial charge in [0.25, 0.3) is 0 Å². The molecule has 0 atom stereocenters. The molecule has 0 bridgehead atoms. The van der Waals surface area contributed by atoms with Crippen LogP contribution in [0.2, 0.25) is 0 Å². The van der Waals surface area contributed by atoms with Crippen LogP contribution in [-0.4, -0.2) is 15.0 Å². The summed E-state index contributed by atoms with van der Waals surface area (Å²) in [4.78, 5) is 15.0. The van der Waals surface area contributed by atoms with Gasteiger partial charge < -0.3 is 13.3 Å². The third-order valence-electron chi connectivity index (χ3n) is 11.0. The summed E-state index contributed by atoms with van der Waals surface area (Å²) in [5.41, 5.74) is 11.9. The van der Waals surface area contributed by atoms with Gasteiger partial charge in [-0.25, -0.2) is 15.0 Å². The Hall–Kier alpha value is -7.83. The predicted octanol–water partition coefficient (Wildman–Crippen LogP) is 13.9. The Morgan fingerprint density at radius 1 is 0.263 bits per heavy atom. The van der Waals surface area contributed by atoms with Gasteiger partial charge in [0.05, 0.1) is 0 Å². The first-order chi connectivity index (χ1) is 28.2. The smallest absolute Gasteiger partial charge is 0.164 e. The van der Waals surface area contributed by atoms with E-state index in [1.165, 1.54) is 0 Å². The van der Waals surface area contributed by atoms with E-state index in [-0.39, 0.29) is 0 Å². The van der Waals surface area contributed by atoms with Crippen LogP contribution >= 0.6 is 0 Å². The summed E-state index contributed by atoms with van der Waals surface area (Å²) in [6.07, 6.45) is 0. The van der Waals surface area contributed by atoms with E-state index in [2.05, 4.69) is 97.1 Å². The van der Waals surface area contributed by atoms with Crippen LogP contribution in [0.25, 0.3) is 122 Å². The maximum atomic E-state index is 6.52. The lowest BCUT2D eigenvalue weighted by atomic mass is 9.93. The number of nitrogens with zero attached hydrogens (tertiary/aromatic N) is 3. The highest BCUT2D eigenvalue weighted by Gasteiger charge is 2.19. The fourth-order valence-electron chi connectivity index (χ4n) is 8.23. The first-order valence-corrected chi connectivity index (χ1v) is 18.9. The molecular weight excluding hydrogens is 703 g/mol. The maximum Gasteiger partial charge on any atom is 0.164 e. The number of rotatable bonds is 5. The molecule has 0 aliphatic rings. The molecule has 0 aliphatic heterocycles. The zero-order valence-electron chi connectivity index (χ0n) is 30.3. The molecule has 4 heterocycles. The van der Waals surface area contributed by atoms with Gasteiger partial charge in [-0.3, -0.25) is 0 Å². The molecule has 0 N–H and O–H groups in total. The average Bonchev–Trinajstić information content (AvgIpc) is 3.97. The van der Waals surface area contributed by atoms with Crippen molar-refractivity contribution in [2.75, 3.05) is 0 Å². The fourth-order valence-corrected chi connectivity index (χ4v) is 8.23. The van der Waals surface area contributed by atoms with Gasteiger partial charge in [-0.15, -0.1) is 0 Å². The molecule has 57 heavy (non-hydrogen) atoms. The lowest BCUT2D eigenvalue weighted by Crippen LogP contribution is -2.00. The van der Waals surface area contributed by atoms with Gasteiger partial charge in [0.15, 0.2) is 17.5 Å². The lowest BCUT2D eigenvalue weighted by Gasteiger charge is -2.11. The van der Waals surface area contributed by atoms with Crippen LogP contribution in [0.15, 0.2) is 189 Å². The summed E-state index contributed by atoms with van der Waals surface area (Å²) in [6, 6.07) is 59.9. The zero-order valence-corrected chi connectivity index (χ0v) is 30.3. The van der Waals surface area contributed by atoms with Gasteiger partial charge in [0.1, 0.15) is 33.5 Å². The van der Waals surface area contributed by atoms with Crippen LogP contribution in [0.4, 0.5) is 0 Å². The van der Waals surface area contributed by atoms with Crippen molar-refractivity contribution in [3.05, 3.63) is 176 Å². The molecule has 0 spiro atoms. The molecule has 8 aromatic carbocycles. The van der Waals surface area contributed by atoms with Crippen LogP contribution in [0.3, 0.4) is 0 Å². The standard InChI is InChI=1S/C51H29N3O3/c1-2-11-30(12-3-1)49-52-50(32-21-24-38-36-15-6-8-19-43(36)55-46(38)28-32)54-51(53-49)33-22-25-39-42-27-31(23-26-45(42)56-47(39)29-33)34-13-4-5-14-35(34)40-17-10-18-41-37-16-7-9-20-44(37)57-48(40)41/h1-29H. The van der Waals surface area contributed by atoms with Crippen molar-refractivity contribution in [1.29, 1.82) is 0 Å². The Morgan fingerprint density at radius 2 is 0.754 bits per heavy atom. The molecule has 12 aromatic rings. The number of aromatic nitrogens is 3. The van der Waals surface area contributed by atoms with E-state index < -0.39 is 0 Å². The Bertz CT molecular complexity index is 3540. The van der Waals surface area contributed by atoms with Crippen molar-refractivity contribution in [2.45, 2.75) is 0 Å². The second-order valence-electron chi connectivity index (χ2n) is 14.3. The van der Waals surface area contributed by atoms with Gasteiger partial charge >= 0.3 is 0 Å². The van der Waals surface area contributed by atoms with Crippen molar-refractivity contribution in [1.82, 2.24) is 15.0 Å². The summed E-state index contributed by atoms with van der Waals surface area (Å²) in [5, 5.41) is 6.41. The van der Waals surface area contributed by atoms with Gasteiger partial charge in [-0.05, 0) is 65.2 Å². The molecule has 0 saturated heterocycles. The van der Waals surface area contributed by atoms with E-state index in [1.807, 2.05) is 78.9 Å². The van der Waals surface area contributed by atoms with Crippen molar-refractivity contribution >= 4 is 65.8 Å². The molecule has 12 rings (SSSR count). The van der Waals surface area contributed by atoms with Crippen molar-refractivity contribution in [3.63, 3.8) is 0 Å². The maximum absolute atomic E-state index is 6.52. The molecule has 0 saturated carbocycles. The van der Waals surface area contributed by atoms with Crippen LogP contribution in [0, 0.1) is 0 Å². The van der Waals surface area contributed by atoms with Gasteiger partial charge in [-0.2, -0.15) is 0 Å². The molecule has 266 valence electrons. The molecule has 4 aromatic heterocycles. The van der Waals surface area contributed by atoms with Gasteiger partial charge in [0.2, 0.25) is 0 Å². The summed E-state index contributed by atoms with van der Waals surface area (Å²) in [5.74, 6) is 1.71. The molecule has 6 heteroatoms. The van der Waals surface area contributed by atoms with E-state index >= 15 is 0 Å². The Kier molecular flexibility index (Phi) is 6.83. The quantitative estimate of drug-likeness (QED) is 0.175. The SMILES string of the molecule is c1ccc(-c2nc(-c3ccc4c(c3)oc3ccccc34)nc(-c3ccc4c(c3)oc3ccc(-c5ccccc5-c5cccc6c5oc5ccccc56)cc34)n2)cc1. The van der Waals surface area contributed by atoms with E-state index in [0.717, 1.165) is 105 Å². The van der Waals surface area contributed by atoms with E-state index in [1.54, 1.807) is 0 Å². The first kappa shape index (κ1) is 31.5. The summed E-state index contributed by atoms with van der Waals surface area (Å²) < 4.78 is 19.2. The highest BCUT2D eigenvalue weighted by Crippen LogP contribution is 2.42. The topological polar surface area (TPSA) is 78.1 Å². The number of benzene rings is 8. The number of fused-ring (bicyclic) bond motifs is 9. The summed E-state index contributed by atoms with van der Waals surface area (Å²) in [6.45, 7) is 0. The van der Waals surface area contributed by atoms with Crippen LogP contribution in [-0.2, 0) is 0 Å². The third kappa shape index (κ3) is 5.08. The van der Waals surface area contributed by atoms with E-state index in [4.69, 9.17) is 28.2 Å². The van der Waals surface area contributed by atoms with Crippen molar-refractivity contribution < 1.29 is 13.3 Å². The minimum atomic E-state index is 0.556. The van der Waals surface area contributed by atoms with Crippen LogP contribution in [0.1, 0.15) is 0 Å². The third-order valence-corrected chi connectivity index (χ3v) is 11.0. The minimum Gasteiger partial charge on any atom is -0.456 e. The highest BCUT2D eigenvalue weighted by molar-refractivity contribution is 6.12. The molecule has 0 unspecified atom stereocenters. The lowest BCUT2D eigenvalue weighted by molar-refractivity contribution is 0.668. The first-order valence-electron chi connectivity index (χ1n) is 18.9. The molecular formula is C51H29N3O3. The van der Waals surface area contributed by atoms with Gasteiger partial charge in [-0.1, -0.05) is 127 Å². The highest BCUT2D eigenvalue weighted by atomic mass is 16.3. The number of hydrogen-bond donors (Lipinski definition) is 0. The number of hydrogen-bond acceptors (Lipinski definition) is 6. The monoisotopic (exact) mass is 731 g/mol. The van der Waals surface area contributed by atoms with Crippen molar-refractivity contribution in [2.24, 2.45) is 0 Å². The Morgan fingerprint density at radius 3 is 1.47 bits per heavy atom. The Balaban J connectivity index is 0.967. The number of furan rings is 3. The molecule has 0 aliphatic carbocycles. The second kappa shape index (κ2) is 12.3. The molecule has 0 amide bonds. The van der Waals surface area contributed by atoms with Gasteiger partial charge in [0, 0.05) is 54.6 Å². The molecule has 0 radical (unpaired) electrons. The van der Waals surface area contributed by atoms with E-state index in [0.29, 0.717) is 17.5 Å². The molecule has 0 fully saturated rings. The largest absolute Gasteiger partial charge is 0.456 e. The van der Waals surface area contributed by atoms with Crippen LogP contribution < -0.4 is 0 Å².